The van der Waals surface area contributed by atoms with Gasteiger partial charge in [0.1, 0.15) is 0 Å². The average Bonchev–Trinajstić information content (AvgIpc) is 2.77. The Bertz CT molecular complexity index is 922. The molecule has 0 atom stereocenters. The van der Waals surface area contributed by atoms with Crippen LogP contribution in [-0.2, 0) is 16.6 Å². The Morgan fingerprint density at radius 2 is 1.69 bits per heavy atom. The molecule has 6 heteroatoms. The lowest BCUT2D eigenvalue weighted by Crippen LogP contribution is -2.38. The SMILES string of the molecule is CCN(Cc1ccccc1)C(=O)c1cccc(S(=O)(=O)N(C)C2CCCCC2)c1. The summed E-state index contributed by atoms with van der Waals surface area (Å²) in [7, 11) is -1.96. The molecule has 0 spiro atoms. The van der Waals surface area contributed by atoms with Crippen molar-refractivity contribution in [3.8, 4) is 0 Å². The molecule has 156 valence electrons. The van der Waals surface area contributed by atoms with Crippen molar-refractivity contribution >= 4 is 15.9 Å². The Hall–Kier alpha value is -2.18. The summed E-state index contributed by atoms with van der Waals surface area (Å²) in [5.74, 6) is -0.159. The predicted octanol–water partition coefficient (Wildman–Crippen LogP) is 4.30. The maximum atomic E-state index is 13.1. The zero-order valence-electron chi connectivity index (χ0n) is 17.3. The number of hydrogen-bond donors (Lipinski definition) is 0. The van der Waals surface area contributed by atoms with E-state index in [1.165, 1.54) is 16.8 Å². The van der Waals surface area contributed by atoms with Crippen LogP contribution in [0.1, 0.15) is 54.9 Å². The maximum Gasteiger partial charge on any atom is 0.254 e. The third-order valence-electron chi connectivity index (χ3n) is 5.73. The van der Waals surface area contributed by atoms with Gasteiger partial charge in [0.05, 0.1) is 4.90 Å². The largest absolute Gasteiger partial charge is 0.335 e. The average molecular weight is 415 g/mol. The van der Waals surface area contributed by atoms with Gasteiger partial charge in [-0.15, -0.1) is 0 Å². The van der Waals surface area contributed by atoms with Gasteiger partial charge in [0, 0.05) is 31.7 Å². The van der Waals surface area contributed by atoms with E-state index in [1.54, 1.807) is 30.1 Å². The summed E-state index contributed by atoms with van der Waals surface area (Å²) in [6.45, 7) is 2.97. The molecule has 2 aromatic carbocycles. The normalized spacial score (nSPS) is 15.4. The van der Waals surface area contributed by atoms with Gasteiger partial charge in [-0.05, 0) is 43.5 Å². The topological polar surface area (TPSA) is 57.7 Å². The van der Waals surface area contributed by atoms with Crippen LogP contribution in [0.15, 0.2) is 59.5 Å². The number of nitrogens with zero attached hydrogens (tertiary/aromatic N) is 2. The standard InChI is InChI=1S/C23H30N2O3S/c1-3-25(18-19-11-6-4-7-12-19)23(26)20-13-10-16-22(17-20)29(27,28)24(2)21-14-8-5-9-15-21/h4,6-7,10-13,16-17,21H,3,5,8-9,14-15,18H2,1-2H3. The molecule has 1 saturated carbocycles. The van der Waals surface area contributed by atoms with Gasteiger partial charge in [-0.1, -0.05) is 55.7 Å². The zero-order valence-corrected chi connectivity index (χ0v) is 18.1. The highest BCUT2D eigenvalue weighted by molar-refractivity contribution is 7.89. The molecule has 0 heterocycles. The Balaban J connectivity index is 1.81. The molecule has 1 amide bonds. The van der Waals surface area contributed by atoms with Gasteiger partial charge >= 0.3 is 0 Å². The lowest BCUT2D eigenvalue weighted by atomic mass is 9.96. The number of benzene rings is 2. The minimum Gasteiger partial charge on any atom is -0.335 e. The fraction of sp³-hybridized carbons (Fsp3) is 0.435. The monoisotopic (exact) mass is 414 g/mol. The van der Waals surface area contributed by atoms with Gasteiger partial charge in [0.15, 0.2) is 0 Å². The van der Waals surface area contributed by atoms with Crippen LogP contribution in [0.4, 0.5) is 0 Å². The molecule has 29 heavy (non-hydrogen) atoms. The number of rotatable bonds is 7. The molecule has 0 N–H and O–H groups in total. The highest BCUT2D eigenvalue weighted by atomic mass is 32.2. The Morgan fingerprint density at radius 1 is 1.00 bits per heavy atom. The summed E-state index contributed by atoms with van der Waals surface area (Å²) in [6.07, 6.45) is 5.09. The van der Waals surface area contributed by atoms with Crippen LogP contribution >= 0.6 is 0 Å². The Morgan fingerprint density at radius 3 is 2.34 bits per heavy atom. The number of carbonyl (C=O) groups excluding carboxylic acids is 1. The molecule has 5 nitrogen and oxygen atoms in total. The smallest absolute Gasteiger partial charge is 0.254 e. The molecule has 1 fully saturated rings. The number of hydrogen-bond acceptors (Lipinski definition) is 3. The van der Waals surface area contributed by atoms with Crippen LogP contribution in [-0.4, -0.2) is 43.2 Å². The number of carbonyl (C=O) groups is 1. The van der Waals surface area contributed by atoms with E-state index in [-0.39, 0.29) is 16.8 Å². The van der Waals surface area contributed by atoms with Crippen molar-refractivity contribution < 1.29 is 13.2 Å². The Labute approximate surface area is 174 Å². The van der Waals surface area contributed by atoms with Crippen molar-refractivity contribution in [1.82, 2.24) is 9.21 Å². The van der Waals surface area contributed by atoms with Crippen molar-refractivity contribution in [2.75, 3.05) is 13.6 Å². The summed E-state index contributed by atoms with van der Waals surface area (Å²) in [4.78, 5) is 15.0. The Kier molecular flexibility index (Phi) is 7.09. The molecule has 0 aromatic heterocycles. The van der Waals surface area contributed by atoms with Gasteiger partial charge in [-0.25, -0.2) is 8.42 Å². The molecule has 2 aromatic rings. The zero-order chi connectivity index (χ0) is 20.9. The second-order valence-electron chi connectivity index (χ2n) is 7.65. The molecular formula is C23H30N2O3S. The molecule has 1 aliphatic carbocycles. The highest BCUT2D eigenvalue weighted by Crippen LogP contribution is 2.27. The molecule has 0 radical (unpaired) electrons. The van der Waals surface area contributed by atoms with Gasteiger partial charge < -0.3 is 4.90 Å². The van der Waals surface area contributed by atoms with E-state index < -0.39 is 10.0 Å². The summed E-state index contributed by atoms with van der Waals surface area (Å²) >= 11 is 0. The van der Waals surface area contributed by atoms with E-state index in [1.807, 2.05) is 37.3 Å². The lowest BCUT2D eigenvalue weighted by Gasteiger charge is -2.30. The fourth-order valence-electron chi connectivity index (χ4n) is 3.91. The molecular weight excluding hydrogens is 384 g/mol. The van der Waals surface area contributed by atoms with E-state index >= 15 is 0 Å². The highest BCUT2D eigenvalue weighted by Gasteiger charge is 2.29. The first-order chi connectivity index (χ1) is 13.9. The summed E-state index contributed by atoms with van der Waals surface area (Å²) in [6, 6.07) is 16.3. The van der Waals surface area contributed by atoms with Crippen LogP contribution < -0.4 is 0 Å². The molecule has 0 unspecified atom stereocenters. The second kappa shape index (κ2) is 9.55. The second-order valence-corrected chi connectivity index (χ2v) is 9.64. The van der Waals surface area contributed by atoms with E-state index in [0.29, 0.717) is 18.7 Å². The minimum absolute atomic E-state index is 0.0401. The first kappa shape index (κ1) is 21.5. The van der Waals surface area contributed by atoms with Crippen LogP contribution in [0.2, 0.25) is 0 Å². The van der Waals surface area contributed by atoms with Gasteiger partial charge in [-0.3, -0.25) is 4.79 Å². The van der Waals surface area contributed by atoms with E-state index in [0.717, 1.165) is 31.2 Å². The molecule has 1 aliphatic rings. The minimum atomic E-state index is -3.62. The molecule has 0 aliphatic heterocycles. The van der Waals surface area contributed by atoms with Crippen molar-refractivity contribution in [3.05, 3.63) is 65.7 Å². The van der Waals surface area contributed by atoms with Crippen LogP contribution in [0.3, 0.4) is 0 Å². The fourth-order valence-corrected chi connectivity index (χ4v) is 5.37. The summed E-state index contributed by atoms with van der Waals surface area (Å²) < 4.78 is 27.8. The first-order valence-electron chi connectivity index (χ1n) is 10.3. The van der Waals surface area contributed by atoms with Crippen LogP contribution in [0.25, 0.3) is 0 Å². The molecule has 3 rings (SSSR count). The van der Waals surface area contributed by atoms with E-state index in [2.05, 4.69) is 0 Å². The van der Waals surface area contributed by atoms with Crippen molar-refractivity contribution in [1.29, 1.82) is 0 Å². The third-order valence-corrected chi connectivity index (χ3v) is 7.64. The molecule has 0 bridgehead atoms. The number of amides is 1. The van der Waals surface area contributed by atoms with Crippen molar-refractivity contribution in [2.24, 2.45) is 0 Å². The lowest BCUT2D eigenvalue weighted by molar-refractivity contribution is 0.0752. The van der Waals surface area contributed by atoms with E-state index in [4.69, 9.17) is 0 Å². The van der Waals surface area contributed by atoms with Crippen molar-refractivity contribution in [3.63, 3.8) is 0 Å². The van der Waals surface area contributed by atoms with Gasteiger partial charge in [0.25, 0.3) is 5.91 Å². The summed E-state index contributed by atoms with van der Waals surface area (Å²) in [5, 5.41) is 0. The van der Waals surface area contributed by atoms with Gasteiger partial charge in [0.2, 0.25) is 10.0 Å². The van der Waals surface area contributed by atoms with Gasteiger partial charge in [-0.2, -0.15) is 4.31 Å². The predicted molar refractivity (Wildman–Crippen MR) is 115 cm³/mol. The van der Waals surface area contributed by atoms with E-state index in [9.17, 15) is 13.2 Å². The molecule has 0 saturated heterocycles. The summed E-state index contributed by atoms with van der Waals surface area (Å²) in [5.41, 5.74) is 1.45. The quantitative estimate of drug-likeness (QED) is 0.679. The number of sulfonamides is 1. The van der Waals surface area contributed by atoms with Crippen LogP contribution in [0.5, 0.6) is 0 Å². The van der Waals surface area contributed by atoms with Crippen LogP contribution in [0, 0.1) is 0 Å². The van der Waals surface area contributed by atoms with Crippen molar-refractivity contribution in [2.45, 2.75) is 56.5 Å². The first-order valence-corrected chi connectivity index (χ1v) is 11.8. The third kappa shape index (κ3) is 5.06. The maximum absolute atomic E-state index is 13.1.